The van der Waals surface area contributed by atoms with Crippen molar-refractivity contribution < 1.29 is 13.6 Å². The van der Waals surface area contributed by atoms with Gasteiger partial charge in [0, 0.05) is 18.2 Å². The van der Waals surface area contributed by atoms with Crippen molar-refractivity contribution in [3.63, 3.8) is 0 Å². The van der Waals surface area contributed by atoms with Crippen LogP contribution in [-0.2, 0) is 4.79 Å². The summed E-state index contributed by atoms with van der Waals surface area (Å²) in [6, 6.07) is 2.99. The van der Waals surface area contributed by atoms with Crippen molar-refractivity contribution >= 4 is 11.6 Å². The Balaban J connectivity index is 2.00. The summed E-state index contributed by atoms with van der Waals surface area (Å²) < 4.78 is 26.1. The van der Waals surface area contributed by atoms with Gasteiger partial charge in [-0.05, 0) is 36.9 Å². The molecule has 1 amide bonds. The molecule has 0 spiro atoms. The molecule has 2 rings (SSSR count). The Bertz CT molecular complexity index is 465. The molecule has 0 bridgehead atoms. The predicted octanol–water partition coefficient (Wildman–Crippen LogP) is 3.20. The summed E-state index contributed by atoms with van der Waals surface area (Å²) >= 11 is 0. The van der Waals surface area contributed by atoms with Gasteiger partial charge in [-0.15, -0.1) is 0 Å². The minimum Gasteiger partial charge on any atom is -0.330 e. The first-order valence-corrected chi connectivity index (χ1v) is 6.99. The van der Waals surface area contributed by atoms with E-state index in [0.717, 1.165) is 43.9 Å². The number of benzene rings is 1. The third-order valence-corrected chi connectivity index (χ3v) is 4.03. The molecule has 110 valence electrons. The Morgan fingerprint density at radius 2 is 1.75 bits per heavy atom. The molecule has 0 atom stereocenters. The van der Waals surface area contributed by atoms with Crippen molar-refractivity contribution in [3.8, 4) is 0 Å². The van der Waals surface area contributed by atoms with Crippen LogP contribution in [0.2, 0.25) is 0 Å². The summed E-state index contributed by atoms with van der Waals surface area (Å²) in [5.74, 6) is -1.64. The molecule has 1 saturated carbocycles. The molecule has 20 heavy (non-hydrogen) atoms. The number of hydrogen-bond acceptors (Lipinski definition) is 2. The van der Waals surface area contributed by atoms with E-state index < -0.39 is 11.6 Å². The molecule has 1 aromatic rings. The molecule has 3 nitrogen and oxygen atoms in total. The Labute approximate surface area is 117 Å². The summed E-state index contributed by atoms with van der Waals surface area (Å²) in [5, 5.41) is 2.56. The van der Waals surface area contributed by atoms with E-state index in [1.165, 1.54) is 6.42 Å². The van der Waals surface area contributed by atoms with Gasteiger partial charge in [-0.2, -0.15) is 0 Å². The molecule has 1 aromatic carbocycles. The fraction of sp³-hybridized carbons (Fsp3) is 0.533. The predicted molar refractivity (Wildman–Crippen MR) is 74.2 cm³/mol. The minimum atomic E-state index is -0.702. The van der Waals surface area contributed by atoms with Crippen LogP contribution in [0.25, 0.3) is 0 Å². The molecular formula is C15H20F2N2O. The highest BCUT2D eigenvalue weighted by atomic mass is 19.1. The zero-order valence-corrected chi connectivity index (χ0v) is 11.4. The van der Waals surface area contributed by atoms with E-state index in [1.54, 1.807) is 0 Å². The Morgan fingerprint density at radius 1 is 1.15 bits per heavy atom. The second-order valence-electron chi connectivity index (χ2n) is 5.65. The monoisotopic (exact) mass is 282 g/mol. The molecule has 0 aromatic heterocycles. The van der Waals surface area contributed by atoms with Gasteiger partial charge in [0.2, 0.25) is 5.91 Å². The van der Waals surface area contributed by atoms with E-state index >= 15 is 0 Å². The molecule has 1 aliphatic carbocycles. The van der Waals surface area contributed by atoms with Gasteiger partial charge in [0.1, 0.15) is 11.6 Å². The molecule has 3 N–H and O–H groups in total. The van der Waals surface area contributed by atoms with E-state index in [-0.39, 0.29) is 17.0 Å². The van der Waals surface area contributed by atoms with Gasteiger partial charge in [-0.1, -0.05) is 19.3 Å². The molecule has 0 unspecified atom stereocenters. The third kappa shape index (κ3) is 3.76. The number of carbonyl (C=O) groups is 1. The maximum Gasteiger partial charge on any atom is 0.224 e. The highest BCUT2D eigenvalue weighted by molar-refractivity contribution is 5.91. The van der Waals surface area contributed by atoms with Crippen molar-refractivity contribution in [2.45, 2.75) is 38.5 Å². The summed E-state index contributed by atoms with van der Waals surface area (Å²) in [6.07, 6.45) is 5.53. The number of carbonyl (C=O) groups excluding carboxylic acids is 1. The van der Waals surface area contributed by atoms with Crippen molar-refractivity contribution in [1.29, 1.82) is 0 Å². The van der Waals surface area contributed by atoms with Crippen LogP contribution >= 0.6 is 0 Å². The van der Waals surface area contributed by atoms with Crippen LogP contribution in [0.3, 0.4) is 0 Å². The molecule has 0 aliphatic heterocycles. The fourth-order valence-corrected chi connectivity index (χ4v) is 2.93. The largest absolute Gasteiger partial charge is 0.330 e. The van der Waals surface area contributed by atoms with Gasteiger partial charge < -0.3 is 11.1 Å². The Kier molecular flexibility index (Phi) is 4.70. The smallest absolute Gasteiger partial charge is 0.224 e. The average Bonchev–Trinajstić information content (AvgIpc) is 2.38. The second kappa shape index (κ2) is 6.31. The third-order valence-electron chi connectivity index (χ3n) is 4.03. The first-order chi connectivity index (χ1) is 9.53. The van der Waals surface area contributed by atoms with Gasteiger partial charge >= 0.3 is 0 Å². The number of anilines is 1. The van der Waals surface area contributed by atoms with Gasteiger partial charge in [0.05, 0.1) is 0 Å². The lowest BCUT2D eigenvalue weighted by Crippen LogP contribution is -2.36. The SMILES string of the molecule is NCC1(CC(=O)Nc2cc(F)cc(F)c2)CCCCC1. The zero-order chi connectivity index (χ0) is 14.6. The van der Waals surface area contributed by atoms with Crippen LogP contribution in [0.1, 0.15) is 38.5 Å². The molecule has 0 heterocycles. The number of nitrogens with two attached hydrogens (primary N) is 1. The normalized spacial score (nSPS) is 17.8. The molecular weight excluding hydrogens is 262 g/mol. The van der Waals surface area contributed by atoms with Crippen LogP contribution in [-0.4, -0.2) is 12.5 Å². The summed E-state index contributed by atoms with van der Waals surface area (Å²) in [4.78, 5) is 12.1. The molecule has 1 fully saturated rings. The van der Waals surface area contributed by atoms with Crippen LogP contribution in [0, 0.1) is 17.0 Å². The molecule has 0 radical (unpaired) electrons. The number of halogens is 2. The van der Waals surface area contributed by atoms with Crippen molar-refractivity contribution in [1.82, 2.24) is 0 Å². The molecule has 5 heteroatoms. The van der Waals surface area contributed by atoms with Crippen LogP contribution in [0.15, 0.2) is 18.2 Å². The topological polar surface area (TPSA) is 55.1 Å². The standard InChI is InChI=1S/C15H20F2N2O/c16-11-6-12(17)8-13(7-11)19-14(20)9-15(10-18)4-2-1-3-5-15/h6-8H,1-5,9-10,18H2,(H,19,20). The highest BCUT2D eigenvalue weighted by Gasteiger charge is 2.32. The van der Waals surface area contributed by atoms with E-state index in [0.29, 0.717) is 13.0 Å². The number of rotatable bonds is 4. The van der Waals surface area contributed by atoms with Gasteiger partial charge in [0.15, 0.2) is 0 Å². The zero-order valence-electron chi connectivity index (χ0n) is 11.4. The number of hydrogen-bond donors (Lipinski definition) is 2. The lowest BCUT2D eigenvalue weighted by Gasteiger charge is -2.35. The summed E-state index contributed by atoms with van der Waals surface area (Å²) in [5.41, 5.74) is 5.82. The van der Waals surface area contributed by atoms with Gasteiger partial charge in [-0.3, -0.25) is 4.79 Å². The maximum atomic E-state index is 13.1. The van der Waals surface area contributed by atoms with Crippen LogP contribution in [0.5, 0.6) is 0 Å². The second-order valence-corrected chi connectivity index (χ2v) is 5.65. The van der Waals surface area contributed by atoms with Crippen molar-refractivity contribution in [2.75, 3.05) is 11.9 Å². The number of nitrogens with one attached hydrogen (secondary N) is 1. The fourth-order valence-electron chi connectivity index (χ4n) is 2.93. The first kappa shape index (κ1) is 14.9. The maximum absolute atomic E-state index is 13.1. The van der Waals surface area contributed by atoms with Crippen molar-refractivity contribution in [3.05, 3.63) is 29.8 Å². The van der Waals surface area contributed by atoms with Crippen molar-refractivity contribution in [2.24, 2.45) is 11.1 Å². The highest BCUT2D eigenvalue weighted by Crippen LogP contribution is 2.38. The van der Waals surface area contributed by atoms with E-state index in [4.69, 9.17) is 5.73 Å². The lowest BCUT2D eigenvalue weighted by atomic mass is 9.71. The van der Waals surface area contributed by atoms with E-state index in [1.807, 2.05) is 0 Å². The summed E-state index contributed by atoms with van der Waals surface area (Å²) in [6.45, 7) is 0.470. The lowest BCUT2D eigenvalue weighted by molar-refractivity contribution is -0.118. The van der Waals surface area contributed by atoms with Crippen LogP contribution in [0.4, 0.5) is 14.5 Å². The molecule has 0 saturated heterocycles. The van der Waals surface area contributed by atoms with Gasteiger partial charge in [0.25, 0.3) is 0 Å². The van der Waals surface area contributed by atoms with Gasteiger partial charge in [-0.25, -0.2) is 8.78 Å². The molecule has 1 aliphatic rings. The Hall–Kier alpha value is -1.49. The Morgan fingerprint density at radius 3 is 2.30 bits per heavy atom. The average molecular weight is 282 g/mol. The van der Waals surface area contributed by atoms with E-state index in [9.17, 15) is 13.6 Å². The first-order valence-electron chi connectivity index (χ1n) is 6.99. The van der Waals surface area contributed by atoms with Crippen LogP contribution < -0.4 is 11.1 Å². The number of amides is 1. The summed E-state index contributed by atoms with van der Waals surface area (Å²) in [7, 11) is 0. The van der Waals surface area contributed by atoms with E-state index in [2.05, 4.69) is 5.32 Å². The minimum absolute atomic E-state index is 0.149. The quantitative estimate of drug-likeness (QED) is 0.891.